The molecule has 1 unspecified atom stereocenters. The average Bonchev–Trinajstić information content (AvgIpc) is 2.86. The molecule has 0 aromatic rings. The van der Waals surface area contributed by atoms with E-state index >= 15 is 0 Å². The van der Waals surface area contributed by atoms with Crippen molar-refractivity contribution < 1.29 is 4.79 Å². The van der Waals surface area contributed by atoms with Gasteiger partial charge >= 0.3 is 0 Å². The van der Waals surface area contributed by atoms with Gasteiger partial charge in [0.05, 0.1) is 5.54 Å². The first-order valence-corrected chi connectivity index (χ1v) is 7.71. The molecule has 110 valence electrons. The summed E-state index contributed by atoms with van der Waals surface area (Å²) in [5, 5.41) is 3.06. The van der Waals surface area contributed by atoms with Crippen molar-refractivity contribution in [1.29, 1.82) is 0 Å². The summed E-state index contributed by atoms with van der Waals surface area (Å²) in [6.45, 7) is 5.26. The molecule has 19 heavy (non-hydrogen) atoms. The van der Waals surface area contributed by atoms with Crippen LogP contribution in [0, 0.1) is 5.41 Å². The Bertz CT molecular complexity index is 315. The van der Waals surface area contributed by atoms with E-state index < -0.39 is 5.54 Å². The Labute approximate surface area is 117 Å². The first-order valence-electron chi connectivity index (χ1n) is 7.71. The van der Waals surface area contributed by atoms with Gasteiger partial charge < -0.3 is 16.0 Å². The van der Waals surface area contributed by atoms with E-state index in [0.717, 1.165) is 13.0 Å². The van der Waals surface area contributed by atoms with Crippen LogP contribution in [-0.4, -0.2) is 43.0 Å². The lowest BCUT2D eigenvalue weighted by Gasteiger charge is -2.40. The lowest BCUT2D eigenvalue weighted by molar-refractivity contribution is -0.124. The maximum absolute atomic E-state index is 11.5. The molecule has 0 bridgehead atoms. The highest BCUT2D eigenvalue weighted by Crippen LogP contribution is 2.46. The Morgan fingerprint density at radius 3 is 2.32 bits per heavy atom. The summed E-state index contributed by atoms with van der Waals surface area (Å²) in [5.41, 5.74) is 5.58. The lowest BCUT2D eigenvalue weighted by Crippen LogP contribution is -2.53. The Kier molecular flexibility index (Phi) is 4.51. The molecule has 1 heterocycles. The van der Waals surface area contributed by atoms with Crippen molar-refractivity contribution in [3.05, 3.63) is 0 Å². The summed E-state index contributed by atoms with van der Waals surface area (Å²) in [5.74, 6) is -0.251. The molecule has 1 atom stereocenters. The van der Waals surface area contributed by atoms with Gasteiger partial charge in [0.15, 0.2) is 0 Å². The van der Waals surface area contributed by atoms with Crippen molar-refractivity contribution in [2.45, 2.75) is 57.4 Å². The number of nitrogens with zero attached hydrogens (tertiary/aromatic N) is 1. The zero-order valence-corrected chi connectivity index (χ0v) is 12.5. The van der Waals surface area contributed by atoms with Gasteiger partial charge in [0.1, 0.15) is 0 Å². The second-order valence-corrected chi connectivity index (χ2v) is 6.75. The molecule has 1 aliphatic carbocycles. The van der Waals surface area contributed by atoms with E-state index in [0.29, 0.717) is 5.41 Å². The molecule has 2 aliphatic rings. The topological polar surface area (TPSA) is 58.4 Å². The Hall–Kier alpha value is -0.610. The second kappa shape index (κ2) is 5.80. The summed E-state index contributed by atoms with van der Waals surface area (Å²) < 4.78 is 0. The minimum absolute atomic E-state index is 0.251. The number of primary amides is 1. The van der Waals surface area contributed by atoms with Crippen LogP contribution < -0.4 is 11.1 Å². The number of likely N-dealkylation sites (N-methyl/N-ethyl adjacent to an activating group) is 1. The van der Waals surface area contributed by atoms with Crippen LogP contribution in [0.15, 0.2) is 0 Å². The van der Waals surface area contributed by atoms with Crippen LogP contribution in [0.25, 0.3) is 0 Å². The molecule has 4 heteroatoms. The standard InChI is InChI=1S/C15H29N3O/c1-14(17-2,13(16)19)7-10-18-11-8-15(9-12-18)5-3-4-6-15/h17H,3-12H2,1-2H3,(H2,16,19). The quantitative estimate of drug-likeness (QED) is 0.793. The second-order valence-electron chi connectivity index (χ2n) is 6.75. The van der Waals surface area contributed by atoms with Crippen LogP contribution in [0.4, 0.5) is 0 Å². The van der Waals surface area contributed by atoms with E-state index in [1.807, 2.05) is 14.0 Å². The molecule has 0 aromatic carbocycles. The van der Waals surface area contributed by atoms with Gasteiger partial charge in [-0.2, -0.15) is 0 Å². The Morgan fingerprint density at radius 1 is 1.26 bits per heavy atom. The summed E-state index contributed by atoms with van der Waals surface area (Å²) in [6, 6.07) is 0. The normalized spacial score (nSPS) is 26.4. The van der Waals surface area contributed by atoms with Crippen LogP contribution in [0.5, 0.6) is 0 Å². The number of carbonyl (C=O) groups is 1. The molecule has 0 aromatic heterocycles. The lowest BCUT2D eigenvalue weighted by atomic mass is 9.77. The summed E-state index contributed by atoms with van der Waals surface area (Å²) in [7, 11) is 1.81. The third-order valence-corrected chi connectivity index (χ3v) is 5.60. The molecule has 3 N–H and O–H groups in total. The fraction of sp³-hybridized carbons (Fsp3) is 0.933. The van der Waals surface area contributed by atoms with Crippen molar-refractivity contribution in [1.82, 2.24) is 10.2 Å². The highest BCUT2D eigenvalue weighted by Gasteiger charge is 2.37. The zero-order valence-electron chi connectivity index (χ0n) is 12.5. The first kappa shape index (κ1) is 14.8. The number of rotatable bonds is 5. The smallest absolute Gasteiger partial charge is 0.237 e. The highest BCUT2D eigenvalue weighted by molar-refractivity contribution is 5.84. The number of hydrogen-bond donors (Lipinski definition) is 2. The first-order chi connectivity index (χ1) is 9.00. The van der Waals surface area contributed by atoms with Crippen LogP contribution in [0.2, 0.25) is 0 Å². The fourth-order valence-corrected chi connectivity index (χ4v) is 3.63. The molecule has 1 amide bonds. The van der Waals surface area contributed by atoms with Crippen molar-refractivity contribution in [2.24, 2.45) is 11.1 Å². The van der Waals surface area contributed by atoms with Crippen LogP contribution in [-0.2, 0) is 4.79 Å². The third-order valence-electron chi connectivity index (χ3n) is 5.60. The molecule has 1 aliphatic heterocycles. The van der Waals surface area contributed by atoms with Crippen molar-refractivity contribution in [3.8, 4) is 0 Å². The highest BCUT2D eigenvalue weighted by atomic mass is 16.1. The molecule has 1 spiro atoms. The average molecular weight is 267 g/mol. The number of likely N-dealkylation sites (tertiary alicyclic amines) is 1. The van der Waals surface area contributed by atoms with Gasteiger partial charge in [-0.3, -0.25) is 4.79 Å². The number of nitrogens with two attached hydrogens (primary N) is 1. The predicted octanol–water partition coefficient (Wildman–Crippen LogP) is 1.50. The number of carbonyl (C=O) groups excluding carboxylic acids is 1. The van der Waals surface area contributed by atoms with Gasteiger partial charge in [0.25, 0.3) is 0 Å². The molecular weight excluding hydrogens is 238 g/mol. The number of nitrogens with one attached hydrogen (secondary N) is 1. The van der Waals surface area contributed by atoms with Crippen LogP contribution in [0.3, 0.4) is 0 Å². The minimum Gasteiger partial charge on any atom is -0.368 e. The van der Waals surface area contributed by atoms with Gasteiger partial charge in [-0.1, -0.05) is 12.8 Å². The molecule has 0 radical (unpaired) electrons. The van der Waals surface area contributed by atoms with Gasteiger partial charge in [0, 0.05) is 6.54 Å². The predicted molar refractivity (Wildman–Crippen MR) is 77.9 cm³/mol. The minimum atomic E-state index is -0.567. The zero-order chi connectivity index (χ0) is 13.9. The molecule has 2 rings (SSSR count). The largest absolute Gasteiger partial charge is 0.368 e. The van der Waals surface area contributed by atoms with Gasteiger partial charge in [0.2, 0.25) is 5.91 Å². The Morgan fingerprint density at radius 2 is 1.84 bits per heavy atom. The van der Waals surface area contributed by atoms with Gasteiger partial charge in [-0.15, -0.1) is 0 Å². The van der Waals surface area contributed by atoms with Crippen LogP contribution in [0.1, 0.15) is 51.9 Å². The number of amides is 1. The van der Waals surface area contributed by atoms with E-state index in [2.05, 4.69) is 10.2 Å². The van der Waals surface area contributed by atoms with Crippen molar-refractivity contribution >= 4 is 5.91 Å². The van der Waals surface area contributed by atoms with E-state index in [1.165, 1.54) is 51.6 Å². The summed E-state index contributed by atoms with van der Waals surface area (Å²) in [6.07, 6.45) is 9.23. The molecule has 1 saturated heterocycles. The molecule has 4 nitrogen and oxygen atoms in total. The van der Waals surface area contributed by atoms with Gasteiger partial charge in [-0.25, -0.2) is 0 Å². The monoisotopic (exact) mass is 267 g/mol. The molecular formula is C15H29N3O. The van der Waals surface area contributed by atoms with Gasteiger partial charge in [-0.05, 0) is 64.6 Å². The van der Waals surface area contributed by atoms with E-state index in [-0.39, 0.29) is 5.91 Å². The number of hydrogen-bond acceptors (Lipinski definition) is 3. The third kappa shape index (κ3) is 3.29. The van der Waals surface area contributed by atoms with E-state index in [1.54, 1.807) is 0 Å². The van der Waals surface area contributed by atoms with Crippen molar-refractivity contribution in [3.63, 3.8) is 0 Å². The number of piperidine rings is 1. The molecule has 1 saturated carbocycles. The maximum atomic E-state index is 11.5. The Balaban J connectivity index is 1.78. The van der Waals surface area contributed by atoms with Crippen LogP contribution >= 0.6 is 0 Å². The molecule has 2 fully saturated rings. The van der Waals surface area contributed by atoms with Crippen molar-refractivity contribution in [2.75, 3.05) is 26.7 Å². The van der Waals surface area contributed by atoms with E-state index in [4.69, 9.17) is 5.73 Å². The maximum Gasteiger partial charge on any atom is 0.237 e. The summed E-state index contributed by atoms with van der Waals surface area (Å²) in [4.78, 5) is 14.0. The summed E-state index contributed by atoms with van der Waals surface area (Å²) >= 11 is 0. The van der Waals surface area contributed by atoms with E-state index in [9.17, 15) is 4.79 Å². The SMILES string of the molecule is CNC(C)(CCN1CCC2(CCCC2)CC1)C(N)=O. The fourth-order valence-electron chi connectivity index (χ4n) is 3.63.